The van der Waals surface area contributed by atoms with Crippen molar-refractivity contribution >= 4 is 15.9 Å². The van der Waals surface area contributed by atoms with Crippen molar-refractivity contribution in [3.8, 4) is 0 Å². The number of hydrogen-bond donors (Lipinski definition) is 2. The molecule has 0 radical (unpaired) electrons. The fourth-order valence-electron chi connectivity index (χ4n) is 3.46. The van der Waals surface area contributed by atoms with E-state index >= 15 is 0 Å². The number of carbonyl (C=O) groups is 1. The number of piperidine rings is 1. The van der Waals surface area contributed by atoms with Crippen molar-refractivity contribution in [1.29, 1.82) is 0 Å². The summed E-state index contributed by atoms with van der Waals surface area (Å²) in [4.78, 5) is 12.8. The lowest BCUT2D eigenvalue weighted by Crippen LogP contribution is -2.38. The number of rotatable bonds is 6. The van der Waals surface area contributed by atoms with Gasteiger partial charge in [0.05, 0.1) is 17.7 Å². The number of aliphatic hydroxyl groups is 1. The van der Waals surface area contributed by atoms with E-state index in [4.69, 9.17) is 4.42 Å². The van der Waals surface area contributed by atoms with Gasteiger partial charge in [0.2, 0.25) is 10.0 Å². The Labute approximate surface area is 171 Å². The highest BCUT2D eigenvalue weighted by Crippen LogP contribution is 2.28. The summed E-state index contributed by atoms with van der Waals surface area (Å²) in [6, 6.07) is 6.38. The lowest BCUT2D eigenvalue weighted by Gasteiger charge is -2.30. The van der Waals surface area contributed by atoms with Gasteiger partial charge < -0.3 is 14.8 Å². The molecule has 7 nitrogen and oxygen atoms in total. The summed E-state index contributed by atoms with van der Waals surface area (Å²) in [6.45, 7) is 6.63. The summed E-state index contributed by atoms with van der Waals surface area (Å²) in [7, 11) is -3.67. The fraction of sp³-hybridized carbons (Fsp3) is 0.476. The maximum absolute atomic E-state index is 13.2. The van der Waals surface area contributed by atoms with E-state index in [2.05, 4.69) is 12.2 Å². The molecular weight excluding hydrogens is 392 g/mol. The van der Waals surface area contributed by atoms with Crippen LogP contribution in [0.2, 0.25) is 0 Å². The first-order valence-electron chi connectivity index (χ1n) is 9.81. The minimum atomic E-state index is -3.67. The molecule has 1 unspecified atom stereocenters. The number of nitrogens with zero attached hydrogens (tertiary/aromatic N) is 1. The maximum Gasteiger partial charge on any atom is 0.251 e. The third-order valence-corrected chi connectivity index (χ3v) is 7.59. The van der Waals surface area contributed by atoms with Gasteiger partial charge in [-0.15, -0.1) is 0 Å². The summed E-state index contributed by atoms with van der Waals surface area (Å²) in [6.07, 6.45) is 2.14. The highest BCUT2D eigenvalue weighted by atomic mass is 32.2. The van der Waals surface area contributed by atoms with Crippen LogP contribution in [-0.4, -0.2) is 43.4 Å². The van der Waals surface area contributed by atoms with Crippen LogP contribution in [0.5, 0.6) is 0 Å². The predicted molar refractivity (Wildman–Crippen MR) is 109 cm³/mol. The van der Waals surface area contributed by atoms with E-state index in [9.17, 15) is 18.3 Å². The molecule has 1 aliphatic heterocycles. The molecule has 2 aromatic rings. The van der Waals surface area contributed by atoms with Crippen LogP contribution in [0.25, 0.3) is 0 Å². The fourth-order valence-corrected chi connectivity index (χ4v) is 5.26. The number of aryl methyl sites for hydroxylation is 1. The van der Waals surface area contributed by atoms with Crippen molar-refractivity contribution in [3.05, 3.63) is 53.0 Å². The molecule has 0 saturated carbocycles. The summed E-state index contributed by atoms with van der Waals surface area (Å²) in [5.74, 6) is 0.428. The monoisotopic (exact) mass is 420 g/mol. The number of benzene rings is 1. The average molecular weight is 421 g/mol. The van der Waals surface area contributed by atoms with Gasteiger partial charge in [-0.2, -0.15) is 4.31 Å². The molecule has 29 heavy (non-hydrogen) atoms. The topological polar surface area (TPSA) is 99.8 Å². The third kappa shape index (κ3) is 4.71. The van der Waals surface area contributed by atoms with Crippen LogP contribution in [0.15, 0.2) is 39.8 Å². The Hall–Kier alpha value is -2.16. The van der Waals surface area contributed by atoms with Crippen molar-refractivity contribution in [1.82, 2.24) is 9.62 Å². The zero-order chi connectivity index (χ0) is 21.2. The molecular formula is C21H28N2O5S. The molecule has 3 rings (SSSR count). The Kier molecular flexibility index (Phi) is 6.45. The highest BCUT2D eigenvalue weighted by Gasteiger charge is 2.30. The molecule has 1 atom stereocenters. The smallest absolute Gasteiger partial charge is 0.251 e. The van der Waals surface area contributed by atoms with E-state index in [0.29, 0.717) is 30.3 Å². The Morgan fingerprint density at radius 2 is 2.00 bits per heavy atom. The second kappa shape index (κ2) is 8.69. The molecule has 1 aliphatic rings. The minimum Gasteiger partial charge on any atom is -0.467 e. The molecule has 158 valence electrons. The van der Waals surface area contributed by atoms with Crippen LogP contribution >= 0.6 is 0 Å². The van der Waals surface area contributed by atoms with E-state index in [0.717, 1.165) is 18.4 Å². The van der Waals surface area contributed by atoms with Gasteiger partial charge in [0.15, 0.2) is 0 Å². The van der Waals surface area contributed by atoms with E-state index in [1.165, 1.54) is 16.6 Å². The van der Waals surface area contributed by atoms with E-state index < -0.39 is 22.0 Å². The summed E-state index contributed by atoms with van der Waals surface area (Å²) < 4.78 is 33.0. The maximum atomic E-state index is 13.2. The lowest BCUT2D eigenvalue weighted by atomic mass is 10.0. The van der Waals surface area contributed by atoms with E-state index in [1.807, 2.05) is 0 Å². The summed E-state index contributed by atoms with van der Waals surface area (Å²) in [5, 5.41) is 12.7. The van der Waals surface area contributed by atoms with Crippen molar-refractivity contribution in [2.75, 3.05) is 19.6 Å². The molecule has 0 bridgehead atoms. The molecule has 8 heteroatoms. The molecule has 0 aliphatic carbocycles. The predicted octanol–water partition coefficient (Wildman–Crippen LogP) is 2.78. The first-order chi connectivity index (χ1) is 13.7. The first-order valence-corrected chi connectivity index (χ1v) is 11.2. The standard InChI is InChI=1S/C21H28N2O5S/c1-14-6-8-23(9-7-14)29(26,27)20-12-17(11-15(2)16(20)3)21(25)22-13-18(24)19-5-4-10-28-19/h4-5,10-12,14,18,24H,6-9,13H2,1-3H3,(H,22,25). The molecule has 1 saturated heterocycles. The Bertz CT molecular complexity index is 961. The number of carbonyl (C=O) groups excluding carboxylic acids is 1. The third-order valence-electron chi connectivity index (χ3n) is 5.57. The summed E-state index contributed by atoms with van der Waals surface area (Å²) in [5.41, 5.74) is 1.63. The number of aliphatic hydroxyl groups excluding tert-OH is 1. The minimum absolute atomic E-state index is 0.0363. The van der Waals surface area contributed by atoms with Crippen molar-refractivity contribution in [2.45, 2.75) is 44.6 Å². The SMILES string of the molecule is Cc1cc(C(=O)NCC(O)c2ccco2)cc(S(=O)(=O)N2CCC(C)CC2)c1C. The zero-order valence-electron chi connectivity index (χ0n) is 17.0. The van der Waals surface area contributed by atoms with Gasteiger partial charge in [0.25, 0.3) is 5.91 Å². The van der Waals surface area contributed by atoms with Crippen molar-refractivity contribution < 1.29 is 22.7 Å². The number of nitrogens with one attached hydrogen (secondary N) is 1. The van der Waals surface area contributed by atoms with Crippen LogP contribution in [0, 0.1) is 19.8 Å². The molecule has 1 aromatic heterocycles. The van der Waals surface area contributed by atoms with Crippen LogP contribution in [0.4, 0.5) is 0 Å². The van der Waals surface area contributed by atoms with Crippen LogP contribution in [0.1, 0.15) is 53.1 Å². The van der Waals surface area contributed by atoms with E-state index in [1.54, 1.807) is 32.0 Å². The second-order valence-corrected chi connectivity index (χ2v) is 9.65. The molecule has 1 aromatic carbocycles. The van der Waals surface area contributed by atoms with Gasteiger partial charge in [-0.25, -0.2) is 8.42 Å². The van der Waals surface area contributed by atoms with Gasteiger partial charge in [-0.1, -0.05) is 6.92 Å². The zero-order valence-corrected chi connectivity index (χ0v) is 17.8. The quantitative estimate of drug-likeness (QED) is 0.749. The van der Waals surface area contributed by atoms with Gasteiger partial charge in [0.1, 0.15) is 11.9 Å². The molecule has 2 N–H and O–H groups in total. The van der Waals surface area contributed by atoms with Gasteiger partial charge >= 0.3 is 0 Å². The van der Waals surface area contributed by atoms with Crippen molar-refractivity contribution in [2.24, 2.45) is 5.92 Å². The van der Waals surface area contributed by atoms with Gasteiger partial charge in [-0.05, 0) is 68.0 Å². The Balaban J connectivity index is 1.80. The average Bonchev–Trinajstić information content (AvgIpc) is 3.23. The molecule has 1 fully saturated rings. The molecule has 2 heterocycles. The Morgan fingerprint density at radius 3 is 2.62 bits per heavy atom. The lowest BCUT2D eigenvalue weighted by molar-refractivity contribution is 0.0901. The number of furan rings is 1. The highest BCUT2D eigenvalue weighted by molar-refractivity contribution is 7.89. The summed E-state index contributed by atoms with van der Waals surface area (Å²) >= 11 is 0. The number of sulfonamides is 1. The van der Waals surface area contributed by atoms with E-state index in [-0.39, 0.29) is 17.0 Å². The van der Waals surface area contributed by atoms with Crippen LogP contribution < -0.4 is 5.32 Å². The second-order valence-electron chi connectivity index (χ2n) is 7.74. The van der Waals surface area contributed by atoms with Crippen LogP contribution in [0.3, 0.4) is 0 Å². The molecule has 0 spiro atoms. The Morgan fingerprint density at radius 1 is 1.31 bits per heavy atom. The number of amides is 1. The van der Waals surface area contributed by atoms with Gasteiger partial charge in [-0.3, -0.25) is 4.79 Å². The molecule has 1 amide bonds. The largest absolute Gasteiger partial charge is 0.467 e. The van der Waals surface area contributed by atoms with Crippen molar-refractivity contribution in [3.63, 3.8) is 0 Å². The normalized spacial score (nSPS) is 17.2. The number of hydrogen-bond acceptors (Lipinski definition) is 5. The van der Waals surface area contributed by atoms with Gasteiger partial charge in [0, 0.05) is 18.7 Å². The first kappa shape index (κ1) is 21.5. The van der Waals surface area contributed by atoms with Crippen LogP contribution in [-0.2, 0) is 10.0 Å².